The van der Waals surface area contributed by atoms with E-state index in [-0.39, 0.29) is 41.8 Å². The number of nitrogens with zero attached hydrogens (tertiary/aromatic N) is 1. The van der Waals surface area contributed by atoms with E-state index in [9.17, 15) is 14.7 Å². The van der Waals surface area contributed by atoms with Crippen LogP contribution in [0.5, 0.6) is 0 Å². The maximum atomic E-state index is 13.2. The molecule has 6 nitrogen and oxygen atoms in total. The Hall–Kier alpha value is -1.57. The summed E-state index contributed by atoms with van der Waals surface area (Å²) in [7, 11) is 0. The number of aliphatic hydroxyl groups is 1. The van der Waals surface area contributed by atoms with Crippen LogP contribution in [-0.4, -0.2) is 45.6 Å². The topological polar surface area (TPSA) is 98.4 Å². The highest BCUT2D eigenvalue weighted by Gasteiger charge is 2.50. The number of nitrogens with one attached hydrogen (secondary N) is 1. The Bertz CT molecular complexity index is 923. The lowest BCUT2D eigenvalue weighted by atomic mass is 9.74. The summed E-state index contributed by atoms with van der Waals surface area (Å²) in [5, 5.41) is 17.5. The first-order valence-corrected chi connectivity index (χ1v) is 13.5. The lowest BCUT2D eigenvalue weighted by molar-refractivity contribution is -0.148. The third-order valence-electron chi connectivity index (χ3n) is 7.92. The largest absolute Gasteiger partial charge is 0.458 e. The van der Waals surface area contributed by atoms with E-state index in [1.807, 2.05) is 53.0 Å². The van der Waals surface area contributed by atoms with Crippen molar-refractivity contribution in [3.63, 3.8) is 0 Å². The minimum Gasteiger partial charge on any atom is -0.458 e. The molecule has 2 fully saturated rings. The third kappa shape index (κ3) is 6.55. The van der Waals surface area contributed by atoms with Crippen LogP contribution < -0.4 is 5.32 Å². The average Bonchev–Trinajstić information content (AvgIpc) is 3.21. The average molecular weight is 491 g/mol. The van der Waals surface area contributed by atoms with Crippen LogP contribution in [0, 0.1) is 24.2 Å². The molecule has 0 spiro atoms. The maximum absolute atomic E-state index is 13.2. The lowest BCUT2D eigenvalue weighted by Gasteiger charge is -2.31. The quantitative estimate of drug-likeness (QED) is 0.443. The zero-order valence-corrected chi connectivity index (χ0v) is 22.6. The number of aromatic nitrogens is 1. The summed E-state index contributed by atoms with van der Waals surface area (Å²) < 4.78 is 6.00. The molecule has 2 aliphatic heterocycles. The summed E-state index contributed by atoms with van der Waals surface area (Å²) in [6.07, 6.45) is 5.13. The Kier molecular flexibility index (Phi) is 8.42. The number of thiazole rings is 1. The first kappa shape index (κ1) is 27.0. The van der Waals surface area contributed by atoms with Gasteiger partial charge in [0, 0.05) is 41.1 Å². The molecule has 5 unspecified atom stereocenters. The number of carbonyl (C=O) groups excluding carboxylic acids is 2. The van der Waals surface area contributed by atoms with Crippen molar-refractivity contribution in [2.75, 3.05) is 0 Å². The summed E-state index contributed by atoms with van der Waals surface area (Å²) in [6, 6.07) is 0.274. The highest BCUT2D eigenvalue weighted by Crippen LogP contribution is 2.38. The number of esters is 1. The van der Waals surface area contributed by atoms with Gasteiger partial charge in [0.05, 0.1) is 16.8 Å². The Morgan fingerprint density at radius 3 is 2.62 bits per heavy atom. The van der Waals surface area contributed by atoms with E-state index >= 15 is 0 Å². The smallest absolute Gasteiger partial charge is 0.306 e. The lowest BCUT2D eigenvalue weighted by Crippen LogP contribution is -2.39. The fourth-order valence-electron chi connectivity index (χ4n) is 5.22. The zero-order chi connectivity index (χ0) is 25.3. The van der Waals surface area contributed by atoms with Crippen LogP contribution in [0.4, 0.5) is 0 Å². The minimum absolute atomic E-state index is 0.00727. The Balaban J connectivity index is 1.81. The minimum atomic E-state index is -0.703. The van der Waals surface area contributed by atoms with E-state index in [0.29, 0.717) is 12.8 Å². The van der Waals surface area contributed by atoms with Crippen molar-refractivity contribution in [1.29, 1.82) is 0 Å². The third-order valence-corrected chi connectivity index (χ3v) is 8.71. The van der Waals surface area contributed by atoms with Crippen LogP contribution in [0.3, 0.4) is 0 Å². The van der Waals surface area contributed by atoms with Gasteiger partial charge in [-0.3, -0.25) is 9.59 Å². The van der Waals surface area contributed by atoms with Crippen LogP contribution >= 0.6 is 11.3 Å². The summed E-state index contributed by atoms with van der Waals surface area (Å²) in [4.78, 5) is 30.6. The molecule has 0 aliphatic carbocycles. The van der Waals surface area contributed by atoms with Gasteiger partial charge in [-0.25, -0.2) is 4.98 Å². The van der Waals surface area contributed by atoms with Crippen LogP contribution in [0.25, 0.3) is 6.08 Å². The molecular formula is C27H42N2O4S. The van der Waals surface area contributed by atoms with Gasteiger partial charge in [-0.15, -0.1) is 11.3 Å². The van der Waals surface area contributed by atoms with Gasteiger partial charge in [0.2, 0.25) is 0 Å². The van der Waals surface area contributed by atoms with Crippen molar-refractivity contribution in [2.24, 2.45) is 17.3 Å². The predicted octanol–water partition coefficient (Wildman–Crippen LogP) is 5.08. The van der Waals surface area contributed by atoms with Gasteiger partial charge in [-0.2, -0.15) is 0 Å². The van der Waals surface area contributed by atoms with E-state index in [1.54, 1.807) is 11.3 Å². The van der Waals surface area contributed by atoms with Gasteiger partial charge in [0.25, 0.3) is 0 Å². The number of ketones is 1. The Morgan fingerprint density at radius 1 is 1.26 bits per heavy atom. The molecule has 34 heavy (non-hydrogen) atoms. The van der Waals surface area contributed by atoms with Crippen molar-refractivity contribution in [3.05, 3.63) is 21.7 Å². The number of rotatable bonds is 2. The molecule has 0 amide bonds. The molecular weight excluding hydrogens is 448 g/mol. The first-order valence-electron chi connectivity index (χ1n) is 12.6. The summed E-state index contributed by atoms with van der Waals surface area (Å²) in [5.41, 5.74) is 1.18. The Morgan fingerprint density at radius 2 is 1.97 bits per heavy atom. The number of fused-ring (bicyclic) bond motifs is 1. The molecule has 1 aromatic rings. The van der Waals surface area contributed by atoms with Gasteiger partial charge >= 0.3 is 5.97 Å². The van der Waals surface area contributed by atoms with E-state index in [1.165, 1.54) is 0 Å². The van der Waals surface area contributed by atoms with Crippen molar-refractivity contribution in [1.82, 2.24) is 10.3 Å². The molecule has 1 aromatic heterocycles. The second kappa shape index (κ2) is 10.6. The molecule has 6 atom stereocenters. The molecule has 2 aliphatic rings. The summed E-state index contributed by atoms with van der Waals surface area (Å²) in [5.74, 6) is -0.693. The van der Waals surface area contributed by atoms with E-state index in [4.69, 9.17) is 4.74 Å². The first-order chi connectivity index (χ1) is 15.8. The molecule has 7 heteroatoms. The number of hydrogen-bond acceptors (Lipinski definition) is 7. The molecule has 3 heterocycles. The standard InChI is InChI=1S/C27H42N2O4S/c1-16-9-8-11-27(7)22(29-27)14-21(17(2)13-20-15-34-19(4)28-20)33-23(30)10-12-26(5,6)25(32)18(3)24(16)31/h13,15-16,18,21-22,24,29,31H,8-12,14H2,1-7H3/b17-13+/t16?,18?,21?,22?,24?,27-/m1/s1. The number of hydrogen-bond donors (Lipinski definition) is 2. The summed E-state index contributed by atoms with van der Waals surface area (Å²) >= 11 is 1.60. The number of ether oxygens (including phenoxy) is 1. The second-order valence-corrected chi connectivity index (χ2v) is 12.5. The number of aryl methyl sites for hydroxylation is 1. The molecule has 0 bridgehead atoms. The fraction of sp³-hybridized carbons (Fsp3) is 0.741. The van der Waals surface area contributed by atoms with E-state index < -0.39 is 17.4 Å². The van der Waals surface area contributed by atoms with Crippen molar-refractivity contribution in [2.45, 2.75) is 111 Å². The van der Waals surface area contributed by atoms with Crippen molar-refractivity contribution < 1.29 is 19.4 Å². The molecule has 2 saturated heterocycles. The second-order valence-electron chi connectivity index (χ2n) is 11.4. The SMILES string of the molecule is C/C(=C\c1csc(C)n1)C1CC2N[C@]2(C)CCCC(C)C(O)C(C)C(=O)C(C)(C)CCC(=O)O1. The van der Waals surface area contributed by atoms with Gasteiger partial charge < -0.3 is 15.2 Å². The monoisotopic (exact) mass is 490 g/mol. The maximum Gasteiger partial charge on any atom is 0.306 e. The fourth-order valence-corrected chi connectivity index (χ4v) is 5.79. The highest BCUT2D eigenvalue weighted by molar-refractivity contribution is 7.09. The van der Waals surface area contributed by atoms with Crippen LogP contribution in [-0.2, 0) is 14.3 Å². The molecule has 190 valence electrons. The number of cyclic esters (lactones) is 1. The van der Waals surface area contributed by atoms with E-state index in [0.717, 1.165) is 35.5 Å². The molecule has 0 saturated carbocycles. The van der Waals surface area contributed by atoms with E-state index in [2.05, 4.69) is 17.2 Å². The van der Waals surface area contributed by atoms with Crippen LogP contribution in [0.1, 0.15) is 90.8 Å². The molecule has 2 N–H and O–H groups in total. The van der Waals surface area contributed by atoms with Crippen molar-refractivity contribution >= 4 is 29.2 Å². The Labute approximate surface area is 208 Å². The van der Waals surface area contributed by atoms with Gasteiger partial charge in [0.15, 0.2) is 0 Å². The zero-order valence-electron chi connectivity index (χ0n) is 21.8. The van der Waals surface area contributed by atoms with Crippen molar-refractivity contribution in [3.8, 4) is 0 Å². The van der Waals surface area contributed by atoms with Crippen LogP contribution in [0.15, 0.2) is 11.0 Å². The number of aliphatic hydroxyl groups excluding tert-OH is 1. The van der Waals surface area contributed by atoms with Gasteiger partial charge in [-0.05, 0) is 57.6 Å². The predicted molar refractivity (Wildman–Crippen MR) is 137 cm³/mol. The molecule has 3 rings (SSSR count). The van der Waals surface area contributed by atoms with Crippen LogP contribution in [0.2, 0.25) is 0 Å². The normalized spacial score (nSPS) is 36.0. The molecule has 0 radical (unpaired) electrons. The number of carbonyl (C=O) groups is 2. The summed E-state index contributed by atoms with van der Waals surface area (Å²) in [6.45, 7) is 13.8. The number of Topliss-reactive ketones (excluding diaryl/α,β-unsaturated/α-hetero) is 1. The van der Waals surface area contributed by atoms with Gasteiger partial charge in [0.1, 0.15) is 11.9 Å². The molecule has 0 aromatic carbocycles. The van der Waals surface area contributed by atoms with Gasteiger partial charge in [-0.1, -0.05) is 34.1 Å². The highest BCUT2D eigenvalue weighted by atomic mass is 32.1.